The molecule has 1 saturated heterocycles. The molecule has 1 aliphatic carbocycles. The minimum absolute atomic E-state index is 0.157. The average molecular weight is 344 g/mol. The number of piperidine rings is 1. The van der Waals surface area contributed by atoms with Crippen LogP contribution in [0.4, 0.5) is 0 Å². The predicted octanol–water partition coefficient (Wildman–Crippen LogP) is 3.85. The summed E-state index contributed by atoms with van der Waals surface area (Å²) in [6.45, 7) is 1.80. The highest BCUT2D eigenvalue weighted by Crippen LogP contribution is 2.44. The Morgan fingerprint density at radius 1 is 1.12 bits per heavy atom. The molecule has 3 nitrogen and oxygen atoms in total. The molecule has 1 aliphatic heterocycles. The smallest absolute Gasteiger partial charge is 0.124 e. The lowest BCUT2D eigenvalue weighted by Crippen LogP contribution is -2.48. The molecule has 0 bridgehead atoms. The summed E-state index contributed by atoms with van der Waals surface area (Å²) in [7, 11) is 2.18. The summed E-state index contributed by atoms with van der Waals surface area (Å²) in [4.78, 5) is 13.9. The average Bonchev–Trinajstić information content (AvgIpc) is 3.02. The molecule has 3 atom stereocenters. The fourth-order valence-electron chi connectivity index (χ4n) is 5.17. The van der Waals surface area contributed by atoms with Crippen molar-refractivity contribution in [2.45, 2.75) is 31.3 Å². The van der Waals surface area contributed by atoms with E-state index in [4.69, 9.17) is 0 Å². The molecule has 2 aromatic carbocycles. The lowest BCUT2D eigenvalue weighted by atomic mass is 9.73. The van der Waals surface area contributed by atoms with Gasteiger partial charge in [0.05, 0.1) is 0 Å². The molecule has 2 aliphatic rings. The standard InChI is InChI=1S/C23H24N2O/c1-24-12-17(15-26)10-20-19-8-5-9-21-23(19)18(11-22(20)24)14-25(21)13-16-6-3-2-4-7-16/h2-9,14-15,17,20,22H,10-13H2,1H3/t17-,20-,22-/m1/s1. The zero-order valence-electron chi connectivity index (χ0n) is 15.1. The van der Waals surface area contributed by atoms with Crippen LogP contribution in [0.2, 0.25) is 0 Å². The molecule has 1 aromatic heterocycles. The Bertz CT molecular complexity index is 959. The van der Waals surface area contributed by atoms with Crippen LogP contribution in [-0.2, 0) is 17.8 Å². The topological polar surface area (TPSA) is 25.2 Å². The first-order valence-electron chi connectivity index (χ1n) is 9.54. The van der Waals surface area contributed by atoms with Crippen LogP contribution in [0, 0.1) is 5.92 Å². The number of fused-ring (bicyclic) bond motifs is 2. The molecule has 0 saturated carbocycles. The lowest BCUT2D eigenvalue weighted by Gasteiger charge is -2.44. The summed E-state index contributed by atoms with van der Waals surface area (Å²) in [5, 5.41) is 1.43. The lowest BCUT2D eigenvalue weighted by molar-refractivity contribution is -0.113. The maximum atomic E-state index is 11.4. The maximum absolute atomic E-state index is 11.4. The third-order valence-electron chi connectivity index (χ3n) is 6.34. The number of carbonyl (C=O) groups is 1. The first kappa shape index (κ1) is 15.8. The molecule has 0 radical (unpaired) electrons. The number of nitrogens with zero attached hydrogens (tertiary/aromatic N) is 2. The molecular formula is C23H24N2O. The summed E-state index contributed by atoms with van der Waals surface area (Å²) >= 11 is 0. The van der Waals surface area contributed by atoms with Gasteiger partial charge in [-0.3, -0.25) is 0 Å². The summed E-state index contributed by atoms with van der Waals surface area (Å²) in [6, 6.07) is 17.9. The molecule has 5 rings (SSSR count). The molecule has 0 amide bonds. The van der Waals surface area contributed by atoms with Crippen LogP contribution in [0.1, 0.15) is 29.0 Å². The van der Waals surface area contributed by atoms with Crippen molar-refractivity contribution in [3.63, 3.8) is 0 Å². The summed E-state index contributed by atoms with van der Waals surface area (Å²) < 4.78 is 2.40. The van der Waals surface area contributed by atoms with Gasteiger partial charge in [0.1, 0.15) is 6.29 Å². The minimum atomic E-state index is 0.157. The second kappa shape index (κ2) is 6.10. The number of likely N-dealkylation sites (tertiary alicyclic amines) is 1. The molecule has 26 heavy (non-hydrogen) atoms. The van der Waals surface area contributed by atoms with Gasteiger partial charge in [0.25, 0.3) is 0 Å². The maximum Gasteiger partial charge on any atom is 0.124 e. The fraction of sp³-hybridized carbons (Fsp3) is 0.348. The zero-order valence-corrected chi connectivity index (χ0v) is 15.1. The number of hydrogen-bond acceptors (Lipinski definition) is 2. The van der Waals surface area contributed by atoms with Gasteiger partial charge in [0.2, 0.25) is 0 Å². The Labute approximate surface area is 154 Å². The highest BCUT2D eigenvalue weighted by atomic mass is 16.1. The largest absolute Gasteiger partial charge is 0.343 e. The van der Waals surface area contributed by atoms with E-state index in [1.807, 2.05) is 0 Å². The van der Waals surface area contributed by atoms with Crippen LogP contribution in [0.5, 0.6) is 0 Å². The highest BCUT2D eigenvalue weighted by molar-refractivity contribution is 5.89. The van der Waals surface area contributed by atoms with Crippen molar-refractivity contribution in [1.29, 1.82) is 0 Å². The number of benzene rings is 2. The Balaban J connectivity index is 1.61. The summed E-state index contributed by atoms with van der Waals surface area (Å²) in [5.41, 5.74) is 5.56. The summed E-state index contributed by atoms with van der Waals surface area (Å²) in [5.74, 6) is 0.622. The second-order valence-electron chi connectivity index (χ2n) is 7.96. The van der Waals surface area contributed by atoms with Gasteiger partial charge in [-0.25, -0.2) is 0 Å². The van der Waals surface area contributed by atoms with Crippen LogP contribution >= 0.6 is 0 Å². The number of rotatable bonds is 3. The summed E-state index contributed by atoms with van der Waals surface area (Å²) in [6.07, 6.45) is 5.59. The van der Waals surface area contributed by atoms with E-state index in [9.17, 15) is 4.79 Å². The van der Waals surface area contributed by atoms with E-state index in [1.54, 1.807) is 0 Å². The van der Waals surface area contributed by atoms with Crippen molar-refractivity contribution in [3.8, 4) is 0 Å². The second-order valence-corrected chi connectivity index (χ2v) is 7.96. The van der Waals surface area contributed by atoms with Crippen LogP contribution < -0.4 is 0 Å². The van der Waals surface area contributed by atoms with Gasteiger partial charge in [0.15, 0.2) is 0 Å². The zero-order chi connectivity index (χ0) is 17.7. The number of aldehydes is 1. The van der Waals surface area contributed by atoms with Crippen LogP contribution in [0.3, 0.4) is 0 Å². The Morgan fingerprint density at radius 3 is 2.77 bits per heavy atom. The van der Waals surface area contributed by atoms with Gasteiger partial charge < -0.3 is 14.3 Å². The number of likely N-dealkylation sites (N-methyl/N-ethyl adjacent to an activating group) is 1. The monoisotopic (exact) mass is 344 g/mol. The number of hydrogen-bond donors (Lipinski definition) is 0. The van der Waals surface area contributed by atoms with Crippen molar-refractivity contribution >= 4 is 17.2 Å². The van der Waals surface area contributed by atoms with Crippen LogP contribution in [0.15, 0.2) is 54.7 Å². The Kier molecular flexibility index (Phi) is 3.71. The minimum Gasteiger partial charge on any atom is -0.343 e. The van der Waals surface area contributed by atoms with E-state index in [-0.39, 0.29) is 5.92 Å². The van der Waals surface area contributed by atoms with Gasteiger partial charge >= 0.3 is 0 Å². The molecule has 2 heterocycles. The van der Waals surface area contributed by atoms with E-state index < -0.39 is 0 Å². The molecule has 1 fully saturated rings. The van der Waals surface area contributed by atoms with Crippen LogP contribution in [0.25, 0.3) is 10.9 Å². The van der Waals surface area contributed by atoms with E-state index >= 15 is 0 Å². The van der Waals surface area contributed by atoms with E-state index in [1.165, 1.54) is 27.6 Å². The number of aromatic nitrogens is 1. The van der Waals surface area contributed by atoms with Gasteiger partial charge in [-0.15, -0.1) is 0 Å². The van der Waals surface area contributed by atoms with Gasteiger partial charge in [-0.05, 0) is 42.6 Å². The third-order valence-corrected chi connectivity index (χ3v) is 6.34. The molecule has 3 heteroatoms. The normalized spacial score (nSPS) is 25.2. The van der Waals surface area contributed by atoms with Gasteiger partial charge in [-0.2, -0.15) is 0 Å². The van der Waals surface area contributed by atoms with E-state index in [0.29, 0.717) is 12.0 Å². The fourth-order valence-corrected chi connectivity index (χ4v) is 5.17. The van der Waals surface area contributed by atoms with Crippen molar-refractivity contribution in [2.75, 3.05) is 13.6 Å². The number of carbonyl (C=O) groups excluding carboxylic acids is 1. The van der Waals surface area contributed by atoms with Gasteiger partial charge in [0, 0.05) is 48.1 Å². The first-order chi connectivity index (χ1) is 12.7. The van der Waals surface area contributed by atoms with Crippen molar-refractivity contribution < 1.29 is 4.79 Å². The van der Waals surface area contributed by atoms with Crippen molar-refractivity contribution in [3.05, 3.63) is 71.4 Å². The van der Waals surface area contributed by atoms with Crippen molar-refractivity contribution in [2.24, 2.45) is 5.92 Å². The first-order valence-corrected chi connectivity index (χ1v) is 9.54. The molecule has 0 spiro atoms. The SMILES string of the molecule is CN1C[C@H](C=O)C[C@@H]2c3cccc4c3c(cn4Cc3ccccc3)C[C@H]21. The molecule has 0 unspecified atom stereocenters. The highest BCUT2D eigenvalue weighted by Gasteiger charge is 2.39. The predicted molar refractivity (Wildman–Crippen MR) is 105 cm³/mol. The molecule has 3 aromatic rings. The Morgan fingerprint density at radius 2 is 1.96 bits per heavy atom. The van der Waals surface area contributed by atoms with Crippen LogP contribution in [-0.4, -0.2) is 35.4 Å². The van der Waals surface area contributed by atoms with Crippen molar-refractivity contribution in [1.82, 2.24) is 9.47 Å². The molecule has 132 valence electrons. The Hall–Kier alpha value is -2.39. The van der Waals surface area contributed by atoms with E-state index in [0.717, 1.165) is 32.2 Å². The molecule has 0 N–H and O–H groups in total. The quantitative estimate of drug-likeness (QED) is 0.674. The molecular weight excluding hydrogens is 320 g/mol. The van der Waals surface area contributed by atoms with E-state index in [2.05, 4.69) is 71.2 Å². The third kappa shape index (κ3) is 2.42. The van der Waals surface area contributed by atoms with Gasteiger partial charge in [-0.1, -0.05) is 42.5 Å².